The minimum Gasteiger partial charge on any atom is -0.360 e. The van der Waals surface area contributed by atoms with Crippen molar-refractivity contribution in [2.45, 2.75) is 38.2 Å². The predicted octanol–water partition coefficient (Wildman–Crippen LogP) is 4.54. The van der Waals surface area contributed by atoms with Crippen LogP contribution in [0.1, 0.15) is 24.0 Å². The summed E-state index contributed by atoms with van der Waals surface area (Å²) in [6.45, 7) is 1.41. The molecule has 0 amide bonds. The summed E-state index contributed by atoms with van der Waals surface area (Å²) in [4.78, 5) is 1.01. The third kappa shape index (κ3) is 2.86. The van der Waals surface area contributed by atoms with E-state index in [0.29, 0.717) is 6.42 Å². The summed E-state index contributed by atoms with van der Waals surface area (Å²) in [7, 11) is 0. The van der Waals surface area contributed by atoms with E-state index in [2.05, 4.69) is 0 Å². The highest BCUT2D eigenvalue weighted by molar-refractivity contribution is 5.53. The summed E-state index contributed by atoms with van der Waals surface area (Å²) in [5, 5.41) is 0. The van der Waals surface area contributed by atoms with Crippen LogP contribution in [-0.2, 0) is 6.18 Å². The molecule has 1 unspecified atom stereocenters. The van der Waals surface area contributed by atoms with Crippen molar-refractivity contribution in [1.82, 2.24) is 0 Å². The second kappa shape index (κ2) is 4.86. The Morgan fingerprint density at radius 3 is 2.30 bits per heavy atom. The monoisotopic (exact) mass is 297 g/mol. The van der Waals surface area contributed by atoms with E-state index in [1.54, 1.807) is 0 Å². The molecule has 1 aliphatic heterocycles. The first kappa shape index (κ1) is 15.0. The molecular weight excluding hydrogens is 284 g/mol. The average Bonchev–Trinajstić information content (AvgIpc) is 2.76. The van der Waals surface area contributed by atoms with Gasteiger partial charge in [-0.25, -0.2) is 0 Å². The molecule has 0 spiro atoms. The number of benzene rings is 1. The molecule has 0 radical (unpaired) electrons. The maximum atomic E-state index is 12.8. The van der Waals surface area contributed by atoms with Crippen LogP contribution in [0.5, 0.6) is 0 Å². The van der Waals surface area contributed by atoms with Crippen LogP contribution in [0.2, 0.25) is 0 Å². The Morgan fingerprint density at radius 2 is 1.75 bits per heavy atom. The maximum absolute atomic E-state index is 12.8. The number of alkyl halides is 6. The lowest BCUT2D eigenvalue weighted by atomic mass is 10.1. The van der Waals surface area contributed by atoms with E-state index in [0.717, 1.165) is 11.0 Å². The summed E-state index contributed by atoms with van der Waals surface area (Å²) >= 11 is 0. The van der Waals surface area contributed by atoms with Crippen molar-refractivity contribution in [2.24, 2.45) is 0 Å². The lowest BCUT2D eigenvalue weighted by Gasteiger charge is -2.29. The molecule has 1 aromatic rings. The van der Waals surface area contributed by atoms with Gasteiger partial charge < -0.3 is 4.90 Å². The van der Waals surface area contributed by atoms with Gasteiger partial charge in [-0.05, 0) is 37.5 Å². The van der Waals surface area contributed by atoms with E-state index in [4.69, 9.17) is 0 Å². The normalized spacial score (nSPS) is 20.6. The molecule has 2 rings (SSSR count). The molecule has 7 heteroatoms. The van der Waals surface area contributed by atoms with Gasteiger partial charge in [0.05, 0.1) is 5.56 Å². The number of aryl methyl sites for hydroxylation is 1. The van der Waals surface area contributed by atoms with Crippen LogP contribution in [0, 0.1) is 6.92 Å². The summed E-state index contributed by atoms with van der Waals surface area (Å²) in [6.07, 6.45) is -8.76. The first-order valence-corrected chi connectivity index (χ1v) is 6.12. The lowest BCUT2D eigenvalue weighted by Crippen LogP contribution is -2.41. The maximum Gasteiger partial charge on any atom is 0.416 e. The summed E-state index contributed by atoms with van der Waals surface area (Å²) in [6, 6.07) is 1.63. The minimum absolute atomic E-state index is 0.00371. The first-order valence-electron chi connectivity index (χ1n) is 6.12. The molecule has 1 aliphatic rings. The molecule has 1 aromatic carbocycles. The van der Waals surface area contributed by atoms with E-state index in [1.165, 1.54) is 19.1 Å². The Bertz CT molecular complexity index is 491. The number of rotatable bonds is 1. The van der Waals surface area contributed by atoms with Crippen molar-refractivity contribution in [1.29, 1.82) is 0 Å². The van der Waals surface area contributed by atoms with Crippen LogP contribution in [0.25, 0.3) is 0 Å². The van der Waals surface area contributed by atoms with Crippen molar-refractivity contribution >= 4 is 5.69 Å². The minimum atomic E-state index is -4.56. The van der Waals surface area contributed by atoms with Crippen molar-refractivity contribution in [2.75, 3.05) is 11.4 Å². The molecule has 20 heavy (non-hydrogen) atoms. The number of anilines is 1. The van der Waals surface area contributed by atoms with E-state index in [1.807, 2.05) is 0 Å². The Kier molecular flexibility index (Phi) is 3.64. The molecule has 112 valence electrons. The SMILES string of the molecule is Cc1ccc(N2CCCC2C(F)(F)F)cc1C(F)(F)F. The quantitative estimate of drug-likeness (QED) is 0.688. The lowest BCUT2D eigenvalue weighted by molar-refractivity contribution is -0.145. The van der Waals surface area contributed by atoms with Crippen LogP contribution in [-0.4, -0.2) is 18.8 Å². The van der Waals surface area contributed by atoms with Gasteiger partial charge in [0.25, 0.3) is 0 Å². The standard InChI is InChI=1S/C13H13F6N/c1-8-4-5-9(7-10(8)12(14,15)16)20-6-2-3-11(20)13(17,18)19/h4-5,7,11H,2-3,6H2,1H3. The zero-order valence-electron chi connectivity index (χ0n) is 10.6. The summed E-state index contributed by atoms with van der Waals surface area (Å²) < 4.78 is 77.0. The fourth-order valence-corrected chi connectivity index (χ4v) is 2.51. The molecule has 0 saturated carbocycles. The van der Waals surface area contributed by atoms with Crippen LogP contribution >= 0.6 is 0 Å². The van der Waals surface area contributed by atoms with Crippen LogP contribution < -0.4 is 4.90 Å². The molecule has 1 nitrogen and oxygen atoms in total. The largest absolute Gasteiger partial charge is 0.416 e. The van der Waals surface area contributed by atoms with E-state index in [-0.39, 0.29) is 24.2 Å². The molecule has 1 saturated heterocycles. The molecule has 0 aromatic heterocycles. The van der Waals surface area contributed by atoms with Gasteiger partial charge >= 0.3 is 12.4 Å². The van der Waals surface area contributed by atoms with Gasteiger partial charge in [-0.3, -0.25) is 0 Å². The van der Waals surface area contributed by atoms with E-state index in [9.17, 15) is 26.3 Å². The number of nitrogens with zero attached hydrogens (tertiary/aromatic N) is 1. The Morgan fingerprint density at radius 1 is 1.10 bits per heavy atom. The second-order valence-corrected chi connectivity index (χ2v) is 4.89. The zero-order chi connectivity index (χ0) is 15.1. The molecule has 1 heterocycles. The molecule has 0 aliphatic carbocycles. The number of hydrogen-bond donors (Lipinski definition) is 0. The fourth-order valence-electron chi connectivity index (χ4n) is 2.51. The molecule has 0 N–H and O–H groups in total. The smallest absolute Gasteiger partial charge is 0.360 e. The van der Waals surface area contributed by atoms with Gasteiger partial charge in [0, 0.05) is 12.2 Å². The molecule has 1 atom stereocenters. The Balaban J connectivity index is 2.39. The second-order valence-electron chi connectivity index (χ2n) is 4.89. The van der Waals surface area contributed by atoms with Gasteiger partial charge in [-0.15, -0.1) is 0 Å². The Labute approximate surface area is 112 Å². The van der Waals surface area contributed by atoms with Crippen LogP contribution in [0.4, 0.5) is 32.0 Å². The summed E-state index contributed by atoms with van der Waals surface area (Å²) in [5.41, 5.74) is -0.908. The van der Waals surface area contributed by atoms with Gasteiger partial charge in [0.1, 0.15) is 6.04 Å². The average molecular weight is 297 g/mol. The van der Waals surface area contributed by atoms with Crippen LogP contribution in [0.15, 0.2) is 18.2 Å². The molecular formula is C13H13F6N. The van der Waals surface area contributed by atoms with Crippen molar-refractivity contribution in [3.8, 4) is 0 Å². The van der Waals surface area contributed by atoms with Crippen molar-refractivity contribution in [3.63, 3.8) is 0 Å². The first-order chi connectivity index (χ1) is 9.10. The number of halogens is 6. The zero-order valence-corrected chi connectivity index (χ0v) is 10.6. The fraction of sp³-hybridized carbons (Fsp3) is 0.538. The number of hydrogen-bond acceptors (Lipinski definition) is 1. The van der Waals surface area contributed by atoms with Gasteiger partial charge in [-0.2, -0.15) is 26.3 Å². The third-order valence-electron chi connectivity index (χ3n) is 3.49. The third-order valence-corrected chi connectivity index (χ3v) is 3.49. The van der Waals surface area contributed by atoms with Gasteiger partial charge in [0.2, 0.25) is 0 Å². The highest BCUT2D eigenvalue weighted by Gasteiger charge is 2.46. The summed E-state index contributed by atoms with van der Waals surface area (Å²) in [5.74, 6) is 0. The van der Waals surface area contributed by atoms with Gasteiger partial charge in [0.15, 0.2) is 0 Å². The topological polar surface area (TPSA) is 3.24 Å². The highest BCUT2D eigenvalue weighted by Crippen LogP contribution is 2.39. The van der Waals surface area contributed by atoms with Gasteiger partial charge in [-0.1, -0.05) is 6.07 Å². The van der Waals surface area contributed by atoms with Crippen LogP contribution in [0.3, 0.4) is 0 Å². The van der Waals surface area contributed by atoms with Crippen molar-refractivity contribution < 1.29 is 26.3 Å². The predicted molar refractivity (Wildman–Crippen MR) is 62.6 cm³/mol. The molecule has 0 bridgehead atoms. The highest BCUT2D eigenvalue weighted by atomic mass is 19.4. The van der Waals surface area contributed by atoms with E-state index >= 15 is 0 Å². The molecule has 1 fully saturated rings. The van der Waals surface area contributed by atoms with Crippen molar-refractivity contribution in [3.05, 3.63) is 29.3 Å². The Hall–Kier alpha value is -1.40. The van der Waals surface area contributed by atoms with E-state index < -0.39 is 24.0 Å².